The molecule has 1 aliphatic rings. The van der Waals surface area contributed by atoms with E-state index in [1.165, 1.54) is 37.7 Å². The first-order chi connectivity index (χ1) is 8.69. The molecule has 0 heterocycles. The smallest absolute Gasteiger partial charge is 0.0406 e. The van der Waals surface area contributed by atoms with Gasteiger partial charge in [0, 0.05) is 17.1 Å². The molecule has 2 heteroatoms. The van der Waals surface area contributed by atoms with E-state index in [1.807, 2.05) is 12.1 Å². The molecule has 0 bridgehead atoms. The molecule has 2 unspecified atom stereocenters. The van der Waals surface area contributed by atoms with E-state index in [-0.39, 0.29) is 0 Å². The molecule has 0 spiro atoms. The lowest BCUT2D eigenvalue weighted by atomic mass is 10.0. The van der Waals surface area contributed by atoms with Crippen molar-refractivity contribution in [3.8, 4) is 0 Å². The van der Waals surface area contributed by atoms with Gasteiger partial charge in [0.1, 0.15) is 0 Å². The fraction of sp³-hybridized carbons (Fsp3) is 0.625. The zero-order valence-corrected chi connectivity index (χ0v) is 12.2. The molecule has 18 heavy (non-hydrogen) atoms. The van der Waals surface area contributed by atoms with Gasteiger partial charge in [0.2, 0.25) is 0 Å². The summed E-state index contributed by atoms with van der Waals surface area (Å²) in [7, 11) is 0. The molecule has 2 atom stereocenters. The van der Waals surface area contributed by atoms with E-state index in [2.05, 4.69) is 31.3 Å². The summed E-state index contributed by atoms with van der Waals surface area (Å²) in [6.07, 6.45) is 6.59. The maximum Gasteiger partial charge on any atom is 0.0406 e. The van der Waals surface area contributed by atoms with Crippen LogP contribution in [0, 0.1) is 5.92 Å². The van der Waals surface area contributed by atoms with E-state index in [4.69, 9.17) is 11.6 Å². The molecule has 1 fully saturated rings. The van der Waals surface area contributed by atoms with Crippen molar-refractivity contribution >= 4 is 11.6 Å². The topological polar surface area (TPSA) is 12.0 Å². The van der Waals surface area contributed by atoms with Crippen LogP contribution < -0.4 is 5.32 Å². The van der Waals surface area contributed by atoms with Crippen molar-refractivity contribution in [3.63, 3.8) is 0 Å². The van der Waals surface area contributed by atoms with Crippen LogP contribution in [-0.2, 0) is 0 Å². The second kappa shape index (κ2) is 6.58. The lowest BCUT2D eigenvalue weighted by Gasteiger charge is -2.23. The van der Waals surface area contributed by atoms with Crippen LogP contribution in [0.3, 0.4) is 0 Å². The Kier molecular flexibility index (Phi) is 5.08. The molecule has 1 aromatic rings. The summed E-state index contributed by atoms with van der Waals surface area (Å²) >= 11 is 5.96. The van der Waals surface area contributed by atoms with Gasteiger partial charge in [0.05, 0.1) is 0 Å². The average molecular weight is 266 g/mol. The van der Waals surface area contributed by atoms with Crippen LogP contribution in [0.2, 0.25) is 5.02 Å². The minimum absolute atomic E-state index is 0.473. The molecule has 100 valence electrons. The molecule has 1 N–H and O–H groups in total. The van der Waals surface area contributed by atoms with Crippen molar-refractivity contribution in [3.05, 3.63) is 34.9 Å². The molecule has 0 saturated heterocycles. The van der Waals surface area contributed by atoms with Gasteiger partial charge in [-0.3, -0.25) is 0 Å². The zero-order chi connectivity index (χ0) is 13.0. The van der Waals surface area contributed by atoms with E-state index in [0.717, 1.165) is 10.9 Å². The molecule has 1 aromatic carbocycles. The van der Waals surface area contributed by atoms with Crippen LogP contribution in [0.15, 0.2) is 24.3 Å². The summed E-state index contributed by atoms with van der Waals surface area (Å²) < 4.78 is 0. The summed E-state index contributed by atoms with van der Waals surface area (Å²) in [6.45, 7) is 4.56. The monoisotopic (exact) mass is 265 g/mol. The summed E-state index contributed by atoms with van der Waals surface area (Å²) in [5.41, 5.74) is 1.36. The van der Waals surface area contributed by atoms with Crippen LogP contribution >= 0.6 is 11.6 Å². The van der Waals surface area contributed by atoms with Crippen LogP contribution in [0.4, 0.5) is 0 Å². The fourth-order valence-electron chi connectivity index (χ4n) is 2.60. The lowest BCUT2D eigenvalue weighted by molar-refractivity contribution is 0.402. The molecule has 0 aromatic heterocycles. The molecule has 1 saturated carbocycles. The Morgan fingerprint density at radius 2 is 1.94 bits per heavy atom. The van der Waals surface area contributed by atoms with E-state index in [9.17, 15) is 0 Å². The van der Waals surface area contributed by atoms with E-state index in [0.29, 0.717) is 12.1 Å². The number of rotatable bonds is 7. The Balaban J connectivity index is 1.95. The summed E-state index contributed by atoms with van der Waals surface area (Å²) in [5, 5.41) is 4.60. The lowest BCUT2D eigenvalue weighted by Crippen LogP contribution is -2.31. The van der Waals surface area contributed by atoms with Gasteiger partial charge >= 0.3 is 0 Å². The molecule has 0 amide bonds. The highest BCUT2D eigenvalue weighted by atomic mass is 35.5. The summed E-state index contributed by atoms with van der Waals surface area (Å²) in [6, 6.07) is 9.38. The first kappa shape index (κ1) is 13.9. The van der Waals surface area contributed by atoms with Crippen LogP contribution in [0.25, 0.3) is 0 Å². The van der Waals surface area contributed by atoms with Crippen molar-refractivity contribution in [1.29, 1.82) is 0 Å². The molecule has 0 aliphatic heterocycles. The number of hydrogen-bond acceptors (Lipinski definition) is 1. The van der Waals surface area contributed by atoms with Crippen LogP contribution in [-0.4, -0.2) is 6.04 Å². The summed E-state index contributed by atoms with van der Waals surface area (Å²) in [4.78, 5) is 0. The van der Waals surface area contributed by atoms with Crippen LogP contribution in [0.1, 0.15) is 57.6 Å². The Bertz CT molecular complexity index is 356. The SMILES string of the molecule is CCCC(NC(C)CC1CC1)c1ccc(Cl)cc1. The average Bonchev–Trinajstić information content (AvgIpc) is 3.13. The minimum Gasteiger partial charge on any atom is -0.307 e. The normalized spacial score (nSPS) is 18.6. The van der Waals surface area contributed by atoms with Gasteiger partial charge in [-0.05, 0) is 43.4 Å². The van der Waals surface area contributed by atoms with Crippen molar-refractivity contribution in [2.24, 2.45) is 5.92 Å². The Morgan fingerprint density at radius 1 is 1.28 bits per heavy atom. The molecule has 2 rings (SSSR count). The van der Waals surface area contributed by atoms with Crippen LogP contribution in [0.5, 0.6) is 0 Å². The first-order valence-electron chi connectivity index (χ1n) is 7.20. The van der Waals surface area contributed by atoms with Gasteiger partial charge in [-0.15, -0.1) is 0 Å². The van der Waals surface area contributed by atoms with Gasteiger partial charge in [-0.25, -0.2) is 0 Å². The third kappa shape index (κ3) is 4.29. The molecular formula is C16H24ClN. The summed E-state index contributed by atoms with van der Waals surface area (Å²) in [5.74, 6) is 0.986. The van der Waals surface area contributed by atoms with Gasteiger partial charge in [-0.2, -0.15) is 0 Å². The second-order valence-corrected chi connectivity index (χ2v) is 6.08. The van der Waals surface area contributed by atoms with E-state index >= 15 is 0 Å². The maximum absolute atomic E-state index is 5.96. The third-order valence-electron chi connectivity index (χ3n) is 3.72. The Labute approximate surface area is 116 Å². The number of nitrogens with one attached hydrogen (secondary N) is 1. The number of benzene rings is 1. The van der Waals surface area contributed by atoms with Gasteiger partial charge in [0.15, 0.2) is 0 Å². The fourth-order valence-corrected chi connectivity index (χ4v) is 2.72. The van der Waals surface area contributed by atoms with Gasteiger partial charge in [0.25, 0.3) is 0 Å². The standard InChI is InChI=1S/C16H24ClN/c1-3-4-16(14-7-9-15(17)10-8-14)18-12(2)11-13-5-6-13/h7-10,12-13,16,18H,3-6,11H2,1-2H3. The van der Waals surface area contributed by atoms with Crippen molar-refractivity contribution in [2.45, 2.75) is 58.0 Å². The number of hydrogen-bond donors (Lipinski definition) is 1. The Morgan fingerprint density at radius 3 is 2.50 bits per heavy atom. The highest BCUT2D eigenvalue weighted by Crippen LogP contribution is 2.34. The predicted molar refractivity (Wildman–Crippen MR) is 79.0 cm³/mol. The highest BCUT2D eigenvalue weighted by molar-refractivity contribution is 6.30. The molecule has 0 radical (unpaired) electrons. The largest absolute Gasteiger partial charge is 0.307 e. The quantitative estimate of drug-likeness (QED) is 0.735. The molecular weight excluding hydrogens is 242 g/mol. The van der Waals surface area contributed by atoms with Gasteiger partial charge < -0.3 is 5.32 Å². The maximum atomic E-state index is 5.96. The van der Waals surface area contributed by atoms with Gasteiger partial charge in [-0.1, -0.05) is 49.9 Å². The molecule has 1 nitrogen and oxygen atoms in total. The zero-order valence-electron chi connectivity index (χ0n) is 11.5. The van der Waals surface area contributed by atoms with E-state index in [1.54, 1.807) is 0 Å². The second-order valence-electron chi connectivity index (χ2n) is 5.64. The molecule has 1 aliphatic carbocycles. The highest BCUT2D eigenvalue weighted by Gasteiger charge is 2.24. The van der Waals surface area contributed by atoms with Crippen molar-refractivity contribution < 1.29 is 0 Å². The minimum atomic E-state index is 0.473. The predicted octanol–water partition coefficient (Wildman–Crippen LogP) is 4.96. The van der Waals surface area contributed by atoms with Crippen molar-refractivity contribution in [1.82, 2.24) is 5.32 Å². The Hall–Kier alpha value is -0.530. The first-order valence-corrected chi connectivity index (χ1v) is 7.58. The van der Waals surface area contributed by atoms with E-state index < -0.39 is 0 Å². The van der Waals surface area contributed by atoms with Crippen molar-refractivity contribution in [2.75, 3.05) is 0 Å². The third-order valence-corrected chi connectivity index (χ3v) is 3.97. The number of halogens is 1.